The van der Waals surface area contributed by atoms with Gasteiger partial charge in [0.15, 0.2) is 6.29 Å². The van der Waals surface area contributed by atoms with Gasteiger partial charge in [0.25, 0.3) is 0 Å². The Morgan fingerprint density at radius 3 is 2.68 bits per heavy atom. The van der Waals surface area contributed by atoms with E-state index < -0.39 is 0 Å². The molecule has 0 saturated carbocycles. The maximum atomic E-state index is 5.78. The first-order valence-electron chi connectivity index (χ1n) is 6.80. The Kier molecular flexibility index (Phi) is 5.79. The van der Waals surface area contributed by atoms with E-state index in [9.17, 15) is 0 Å². The second-order valence-corrected chi connectivity index (χ2v) is 4.57. The average molecular weight is 266 g/mol. The number of benzene rings is 1. The Hall–Kier alpha value is -0.940. The summed E-state index contributed by atoms with van der Waals surface area (Å²) in [6, 6.07) is 10.1. The van der Waals surface area contributed by atoms with Crippen LogP contribution in [-0.2, 0) is 25.6 Å². The zero-order valence-corrected chi connectivity index (χ0v) is 11.6. The van der Waals surface area contributed by atoms with Crippen molar-refractivity contribution < 1.29 is 18.9 Å². The van der Waals surface area contributed by atoms with Crippen LogP contribution in [0, 0.1) is 0 Å². The highest BCUT2D eigenvalue weighted by Gasteiger charge is 2.35. The van der Waals surface area contributed by atoms with Crippen LogP contribution in [0.25, 0.3) is 0 Å². The molecule has 2 rings (SSSR count). The Morgan fingerprint density at radius 2 is 2.05 bits per heavy atom. The summed E-state index contributed by atoms with van der Waals surface area (Å²) in [5, 5.41) is 0. The average Bonchev–Trinajstić information content (AvgIpc) is 3.23. The summed E-state index contributed by atoms with van der Waals surface area (Å²) < 4.78 is 22.2. The maximum Gasteiger partial charge on any atom is 0.155 e. The fourth-order valence-electron chi connectivity index (χ4n) is 1.89. The highest BCUT2D eigenvalue weighted by atomic mass is 16.7. The van der Waals surface area contributed by atoms with Crippen molar-refractivity contribution in [3.63, 3.8) is 0 Å². The van der Waals surface area contributed by atoms with Gasteiger partial charge < -0.3 is 18.9 Å². The number of rotatable bonds is 9. The summed E-state index contributed by atoms with van der Waals surface area (Å²) in [4.78, 5) is 0. The lowest BCUT2D eigenvalue weighted by Gasteiger charge is -2.21. The molecule has 3 unspecified atom stereocenters. The summed E-state index contributed by atoms with van der Waals surface area (Å²) in [6.07, 6.45) is -0.122. The van der Waals surface area contributed by atoms with Gasteiger partial charge in [-0.1, -0.05) is 30.3 Å². The third kappa shape index (κ3) is 5.28. The quantitative estimate of drug-likeness (QED) is 0.508. The van der Waals surface area contributed by atoms with Crippen molar-refractivity contribution in [1.82, 2.24) is 0 Å². The molecule has 1 heterocycles. The predicted octanol–water partition coefficient (Wildman–Crippen LogP) is 2.37. The fraction of sp³-hybridized carbons (Fsp3) is 0.600. The molecule has 1 aromatic rings. The molecule has 1 saturated heterocycles. The van der Waals surface area contributed by atoms with Crippen LogP contribution in [0.1, 0.15) is 19.4 Å². The molecule has 3 atom stereocenters. The monoisotopic (exact) mass is 266 g/mol. The van der Waals surface area contributed by atoms with Gasteiger partial charge in [0.05, 0.1) is 19.8 Å². The molecule has 1 aromatic carbocycles. The van der Waals surface area contributed by atoms with Crippen molar-refractivity contribution in [3.8, 4) is 0 Å². The van der Waals surface area contributed by atoms with E-state index in [0.717, 1.165) is 12.2 Å². The molecular formula is C15H22O4. The molecule has 0 amide bonds. The second kappa shape index (κ2) is 7.60. The summed E-state index contributed by atoms with van der Waals surface area (Å²) in [5.41, 5.74) is 1.16. The third-order valence-electron chi connectivity index (χ3n) is 2.94. The Labute approximate surface area is 114 Å². The van der Waals surface area contributed by atoms with Crippen molar-refractivity contribution >= 4 is 0 Å². The first-order valence-corrected chi connectivity index (χ1v) is 6.80. The minimum Gasteiger partial charge on any atom is -0.374 e. The Balaban J connectivity index is 1.71. The number of hydrogen-bond acceptors (Lipinski definition) is 4. The van der Waals surface area contributed by atoms with Gasteiger partial charge in [-0.2, -0.15) is 0 Å². The van der Waals surface area contributed by atoms with Gasteiger partial charge in [-0.3, -0.25) is 0 Å². The Bertz CT molecular complexity index is 350. The summed E-state index contributed by atoms with van der Waals surface area (Å²) in [5.74, 6) is 0. The van der Waals surface area contributed by atoms with Crippen LogP contribution in [0.15, 0.2) is 30.3 Å². The zero-order chi connectivity index (χ0) is 13.5. The van der Waals surface area contributed by atoms with Gasteiger partial charge in [0, 0.05) is 6.61 Å². The summed E-state index contributed by atoms with van der Waals surface area (Å²) in [6.45, 7) is 6.36. The van der Waals surface area contributed by atoms with Crippen LogP contribution < -0.4 is 0 Å². The molecule has 0 spiro atoms. The van der Waals surface area contributed by atoms with Crippen LogP contribution in [-0.4, -0.2) is 38.3 Å². The van der Waals surface area contributed by atoms with E-state index in [1.165, 1.54) is 0 Å². The van der Waals surface area contributed by atoms with Crippen LogP contribution in [0.3, 0.4) is 0 Å². The van der Waals surface area contributed by atoms with Crippen LogP contribution in [0.2, 0.25) is 0 Å². The zero-order valence-electron chi connectivity index (χ0n) is 11.6. The topological polar surface area (TPSA) is 40.2 Å². The summed E-state index contributed by atoms with van der Waals surface area (Å²) >= 11 is 0. The fourth-order valence-corrected chi connectivity index (χ4v) is 1.89. The van der Waals surface area contributed by atoms with Crippen molar-refractivity contribution in [2.45, 2.75) is 39.0 Å². The smallest absolute Gasteiger partial charge is 0.155 e. The van der Waals surface area contributed by atoms with E-state index >= 15 is 0 Å². The minimum absolute atomic E-state index is 0.0507. The predicted molar refractivity (Wildman–Crippen MR) is 71.8 cm³/mol. The highest BCUT2D eigenvalue weighted by molar-refractivity contribution is 5.13. The molecule has 1 aliphatic heterocycles. The van der Waals surface area contributed by atoms with Crippen molar-refractivity contribution in [1.29, 1.82) is 0 Å². The van der Waals surface area contributed by atoms with E-state index in [-0.39, 0.29) is 18.5 Å². The molecule has 4 heteroatoms. The second-order valence-electron chi connectivity index (χ2n) is 4.57. The van der Waals surface area contributed by atoms with Crippen LogP contribution in [0.4, 0.5) is 0 Å². The SMILES string of the molecule is CCOC(C)OC(COCc1ccccc1)C1CO1. The number of ether oxygens (including phenoxy) is 4. The van der Waals surface area contributed by atoms with E-state index in [0.29, 0.717) is 19.8 Å². The molecule has 0 N–H and O–H groups in total. The van der Waals surface area contributed by atoms with Crippen LogP contribution in [0.5, 0.6) is 0 Å². The lowest BCUT2D eigenvalue weighted by molar-refractivity contribution is -0.175. The maximum absolute atomic E-state index is 5.78. The van der Waals surface area contributed by atoms with E-state index in [2.05, 4.69) is 0 Å². The first kappa shape index (κ1) is 14.5. The van der Waals surface area contributed by atoms with Crippen LogP contribution >= 0.6 is 0 Å². The van der Waals surface area contributed by atoms with Crippen molar-refractivity contribution in [2.24, 2.45) is 0 Å². The highest BCUT2D eigenvalue weighted by Crippen LogP contribution is 2.19. The molecule has 4 nitrogen and oxygen atoms in total. The van der Waals surface area contributed by atoms with Gasteiger partial charge in [-0.25, -0.2) is 0 Å². The van der Waals surface area contributed by atoms with Gasteiger partial charge in [-0.15, -0.1) is 0 Å². The lowest BCUT2D eigenvalue weighted by Crippen LogP contribution is -2.31. The molecule has 1 fully saturated rings. The van der Waals surface area contributed by atoms with E-state index in [4.69, 9.17) is 18.9 Å². The molecule has 0 bridgehead atoms. The number of epoxide rings is 1. The molecule has 19 heavy (non-hydrogen) atoms. The molecule has 106 valence electrons. The molecule has 1 aliphatic rings. The first-order chi connectivity index (χ1) is 9.29. The standard InChI is InChI=1S/C15H22O4/c1-3-17-12(2)19-15(14-11-18-14)10-16-9-13-7-5-4-6-8-13/h4-8,12,14-15H,3,9-11H2,1-2H3. The molecule has 0 aromatic heterocycles. The van der Waals surface area contributed by atoms with Gasteiger partial charge in [0.2, 0.25) is 0 Å². The lowest BCUT2D eigenvalue weighted by atomic mass is 10.2. The largest absolute Gasteiger partial charge is 0.374 e. The minimum atomic E-state index is -0.223. The van der Waals surface area contributed by atoms with Crippen molar-refractivity contribution in [3.05, 3.63) is 35.9 Å². The number of hydrogen-bond donors (Lipinski definition) is 0. The molecule has 0 radical (unpaired) electrons. The van der Waals surface area contributed by atoms with Gasteiger partial charge in [-0.05, 0) is 19.4 Å². The van der Waals surface area contributed by atoms with E-state index in [1.807, 2.05) is 44.2 Å². The summed E-state index contributed by atoms with van der Waals surface area (Å²) in [7, 11) is 0. The van der Waals surface area contributed by atoms with E-state index in [1.54, 1.807) is 0 Å². The van der Waals surface area contributed by atoms with Gasteiger partial charge >= 0.3 is 0 Å². The Morgan fingerprint density at radius 1 is 1.32 bits per heavy atom. The normalized spacial score (nSPS) is 21.1. The molecular weight excluding hydrogens is 244 g/mol. The van der Waals surface area contributed by atoms with Gasteiger partial charge in [0.1, 0.15) is 12.2 Å². The molecule has 0 aliphatic carbocycles. The third-order valence-corrected chi connectivity index (χ3v) is 2.94. The van der Waals surface area contributed by atoms with Crippen molar-refractivity contribution in [2.75, 3.05) is 19.8 Å².